The maximum absolute atomic E-state index is 12.6. The first-order chi connectivity index (χ1) is 16.6. The van der Waals surface area contributed by atoms with Crippen LogP contribution in [0.25, 0.3) is 22.0 Å². The summed E-state index contributed by atoms with van der Waals surface area (Å²) in [5.41, 5.74) is 14.9. The molecule has 2 aromatic heterocycles. The molecule has 1 aromatic carbocycles. The van der Waals surface area contributed by atoms with Crippen molar-refractivity contribution in [1.82, 2.24) is 14.6 Å². The van der Waals surface area contributed by atoms with Gasteiger partial charge in [-0.25, -0.2) is 12.7 Å². The summed E-state index contributed by atoms with van der Waals surface area (Å²) in [6.45, 7) is 4.99. The third-order valence-electron chi connectivity index (χ3n) is 6.52. The number of aromatic amines is 1. The van der Waals surface area contributed by atoms with Crippen LogP contribution in [0.1, 0.15) is 53.4 Å². The van der Waals surface area contributed by atoms with Crippen LogP contribution in [0.2, 0.25) is 0 Å². The highest BCUT2D eigenvalue weighted by molar-refractivity contribution is 7.89. The predicted octanol–water partition coefficient (Wildman–Crippen LogP) is 2.49. The molecule has 35 heavy (non-hydrogen) atoms. The molecule has 3 heterocycles. The van der Waals surface area contributed by atoms with E-state index in [1.165, 1.54) is 0 Å². The van der Waals surface area contributed by atoms with Crippen molar-refractivity contribution in [3.05, 3.63) is 45.8 Å². The van der Waals surface area contributed by atoms with Crippen molar-refractivity contribution in [3.8, 4) is 11.1 Å². The number of sulfonamides is 1. The number of benzene rings is 1. The largest absolute Gasteiger partial charge is 0.369 e. The molecule has 0 unspecified atom stereocenters. The fraction of sp³-hybridized carbons (Fsp3) is 0.417. The van der Waals surface area contributed by atoms with E-state index in [0.717, 1.165) is 27.0 Å². The van der Waals surface area contributed by atoms with E-state index in [-0.39, 0.29) is 12.5 Å². The van der Waals surface area contributed by atoms with Gasteiger partial charge >= 0.3 is 0 Å². The molecule has 0 bridgehead atoms. The van der Waals surface area contributed by atoms with Crippen molar-refractivity contribution in [2.45, 2.75) is 44.4 Å². The number of nitrogens with zero attached hydrogens (tertiary/aromatic N) is 1. The molecule has 0 saturated carbocycles. The lowest BCUT2D eigenvalue weighted by Crippen LogP contribution is -2.41. The minimum Gasteiger partial charge on any atom is -0.369 e. The van der Waals surface area contributed by atoms with Gasteiger partial charge in [-0.1, -0.05) is 0 Å². The lowest BCUT2D eigenvalue weighted by Gasteiger charge is -2.32. The van der Waals surface area contributed by atoms with Gasteiger partial charge in [-0.3, -0.25) is 9.59 Å². The molecule has 188 valence electrons. The zero-order valence-corrected chi connectivity index (χ0v) is 21.5. The lowest BCUT2D eigenvalue weighted by atomic mass is 9.88. The number of nitrogens with one attached hydrogen (secondary N) is 2. The summed E-state index contributed by atoms with van der Waals surface area (Å²) in [5, 5.41) is 5.51. The van der Waals surface area contributed by atoms with Crippen LogP contribution in [-0.4, -0.2) is 54.4 Å². The topological polar surface area (TPSA) is 151 Å². The number of amides is 2. The van der Waals surface area contributed by atoms with Gasteiger partial charge in [0.2, 0.25) is 15.9 Å². The average Bonchev–Trinajstić information content (AvgIpc) is 3.45. The van der Waals surface area contributed by atoms with E-state index in [2.05, 4.69) is 16.4 Å². The van der Waals surface area contributed by atoms with Crippen molar-refractivity contribution in [1.29, 1.82) is 0 Å². The molecule has 11 heteroatoms. The number of nitrogens with two attached hydrogens (primary N) is 2. The molecule has 9 nitrogen and oxygen atoms in total. The van der Waals surface area contributed by atoms with Crippen molar-refractivity contribution >= 4 is 44.1 Å². The Kier molecular flexibility index (Phi) is 7.32. The third-order valence-corrected chi connectivity index (χ3v) is 9.73. The van der Waals surface area contributed by atoms with E-state index in [4.69, 9.17) is 11.5 Å². The van der Waals surface area contributed by atoms with Crippen LogP contribution in [-0.2, 0) is 21.4 Å². The molecule has 1 saturated heterocycles. The summed E-state index contributed by atoms with van der Waals surface area (Å²) in [4.78, 5) is 27.5. The molecule has 1 aliphatic rings. The van der Waals surface area contributed by atoms with Crippen LogP contribution in [0, 0.1) is 0 Å². The summed E-state index contributed by atoms with van der Waals surface area (Å²) in [7, 11) is -3.27. The van der Waals surface area contributed by atoms with E-state index in [9.17, 15) is 18.0 Å². The maximum Gasteiger partial charge on any atom is 0.250 e. The highest BCUT2D eigenvalue weighted by atomic mass is 32.2. The van der Waals surface area contributed by atoms with E-state index >= 15 is 0 Å². The van der Waals surface area contributed by atoms with E-state index < -0.39 is 27.1 Å². The van der Waals surface area contributed by atoms with Crippen molar-refractivity contribution in [2.24, 2.45) is 11.5 Å². The Morgan fingerprint density at radius 2 is 1.89 bits per heavy atom. The van der Waals surface area contributed by atoms with Gasteiger partial charge in [0.15, 0.2) is 0 Å². The number of piperidine rings is 1. The van der Waals surface area contributed by atoms with Gasteiger partial charge in [0, 0.05) is 36.1 Å². The van der Waals surface area contributed by atoms with Crippen LogP contribution in [0.5, 0.6) is 0 Å². The highest BCUT2D eigenvalue weighted by Gasteiger charge is 2.31. The van der Waals surface area contributed by atoms with Gasteiger partial charge in [0.1, 0.15) is 0 Å². The van der Waals surface area contributed by atoms with Crippen LogP contribution in [0.3, 0.4) is 0 Å². The quantitative estimate of drug-likeness (QED) is 0.344. The molecular formula is C24H31N5O4S2. The van der Waals surface area contributed by atoms with Crippen molar-refractivity contribution in [2.75, 3.05) is 19.6 Å². The fourth-order valence-electron chi connectivity index (χ4n) is 4.60. The Balaban J connectivity index is 1.63. The van der Waals surface area contributed by atoms with Gasteiger partial charge in [0.25, 0.3) is 5.91 Å². The first kappa shape index (κ1) is 25.4. The zero-order valence-electron chi connectivity index (χ0n) is 19.8. The monoisotopic (exact) mass is 517 g/mol. The molecule has 4 rings (SSSR count). The number of fused-ring (bicyclic) bond motifs is 1. The number of primary amides is 2. The fourth-order valence-corrected chi connectivity index (χ4v) is 6.78. The van der Waals surface area contributed by atoms with E-state index in [1.54, 1.807) is 35.6 Å². The van der Waals surface area contributed by atoms with Crippen LogP contribution >= 0.6 is 11.3 Å². The number of rotatable bonds is 9. The molecule has 0 radical (unpaired) electrons. The second-order valence-electron chi connectivity index (χ2n) is 9.19. The smallest absolute Gasteiger partial charge is 0.250 e. The summed E-state index contributed by atoms with van der Waals surface area (Å²) in [6.07, 6.45) is 3.34. The van der Waals surface area contributed by atoms with Crippen molar-refractivity contribution < 1.29 is 18.0 Å². The van der Waals surface area contributed by atoms with E-state index in [1.807, 2.05) is 17.6 Å². The summed E-state index contributed by atoms with van der Waals surface area (Å²) in [5.74, 6) is -0.748. The first-order valence-corrected chi connectivity index (χ1v) is 14.0. The standard InChI is InChI=1S/C24H31N5O4S2/c1-14(2)35(32,33)29-5-3-15(4-6-29)21-11-28-23-19(21)8-16(9-20(23)24(26)31)17-7-18(34-13-17)10-27-12-22(25)30/h7-9,11,13-15,27-28H,3-6,10,12H2,1-2H3,(H2,25,30)(H2,26,31). The SMILES string of the molecule is CC(C)S(=O)(=O)N1CCC(c2c[nH]c3c(C(N)=O)cc(-c4csc(CNCC(N)=O)c4)cc23)CC1. The lowest BCUT2D eigenvalue weighted by molar-refractivity contribution is -0.117. The minimum atomic E-state index is -3.27. The number of hydrogen-bond acceptors (Lipinski definition) is 6. The third kappa shape index (κ3) is 5.27. The molecule has 3 aromatic rings. The Hall–Kier alpha value is -2.73. The zero-order chi connectivity index (χ0) is 25.3. The average molecular weight is 518 g/mol. The number of carbonyl (C=O) groups is 2. The minimum absolute atomic E-state index is 0.106. The molecule has 0 atom stereocenters. The number of aromatic nitrogens is 1. The summed E-state index contributed by atoms with van der Waals surface area (Å²) in [6, 6.07) is 5.88. The highest BCUT2D eigenvalue weighted by Crippen LogP contribution is 2.38. The number of carbonyl (C=O) groups excluding carboxylic acids is 2. The molecule has 0 spiro atoms. The Labute approximate surface area is 208 Å². The summed E-state index contributed by atoms with van der Waals surface area (Å²) >= 11 is 1.55. The van der Waals surface area contributed by atoms with E-state index in [0.29, 0.717) is 43.6 Å². The van der Waals surface area contributed by atoms with Crippen LogP contribution < -0.4 is 16.8 Å². The Bertz CT molecular complexity index is 1350. The van der Waals surface area contributed by atoms with Gasteiger partial charge in [-0.05, 0) is 72.9 Å². The number of thiophene rings is 1. The molecule has 1 aliphatic heterocycles. The van der Waals surface area contributed by atoms with Crippen LogP contribution in [0.4, 0.5) is 0 Å². The summed E-state index contributed by atoms with van der Waals surface area (Å²) < 4.78 is 26.7. The Morgan fingerprint density at radius 1 is 1.17 bits per heavy atom. The molecule has 2 amide bonds. The Morgan fingerprint density at radius 3 is 2.51 bits per heavy atom. The molecule has 1 fully saturated rings. The van der Waals surface area contributed by atoms with Gasteiger partial charge < -0.3 is 21.8 Å². The predicted molar refractivity (Wildman–Crippen MR) is 139 cm³/mol. The maximum atomic E-state index is 12.6. The second-order valence-corrected chi connectivity index (χ2v) is 12.7. The van der Waals surface area contributed by atoms with Crippen LogP contribution in [0.15, 0.2) is 29.8 Å². The number of H-pyrrole nitrogens is 1. The molecular weight excluding hydrogens is 486 g/mol. The molecule has 6 N–H and O–H groups in total. The van der Waals surface area contributed by atoms with Gasteiger partial charge in [-0.2, -0.15) is 0 Å². The number of hydrogen-bond donors (Lipinski definition) is 4. The van der Waals surface area contributed by atoms with Gasteiger partial charge in [-0.15, -0.1) is 11.3 Å². The van der Waals surface area contributed by atoms with Crippen molar-refractivity contribution in [3.63, 3.8) is 0 Å². The first-order valence-electron chi connectivity index (χ1n) is 11.6. The second kappa shape index (κ2) is 10.1. The van der Waals surface area contributed by atoms with Gasteiger partial charge in [0.05, 0.1) is 22.9 Å². The molecule has 0 aliphatic carbocycles. The normalized spacial score (nSPS) is 15.7.